The van der Waals surface area contributed by atoms with Crippen molar-refractivity contribution in [3.8, 4) is 0 Å². The van der Waals surface area contributed by atoms with Gasteiger partial charge in [0.25, 0.3) is 5.91 Å². The van der Waals surface area contributed by atoms with Gasteiger partial charge in [0.2, 0.25) is 0 Å². The zero-order valence-electron chi connectivity index (χ0n) is 12.4. The molecule has 0 bridgehead atoms. The van der Waals surface area contributed by atoms with Gasteiger partial charge < -0.3 is 15.4 Å². The second-order valence-corrected chi connectivity index (χ2v) is 6.01. The Kier molecular flexibility index (Phi) is 4.88. The third-order valence-electron chi connectivity index (χ3n) is 4.54. The molecule has 0 unspecified atom stereocenters. The van der Waals surface area contributed by atoms with E-state index in [-0.39, 0.29) is 11.9 Å². The predicted octanol–water partition coefficient (Wildman–Crippen LogP) is 2.06. The third-order valence-corrected chi connectivity index (χ3v) is 4.54. The van der Waals surface area contributed by atoms with Gasteiger partial charge in [-0.2, -0.15) is 0 Å². The van der Waals surface area contributed by atoms with E-state index in [9.17, 15) is 4.79 Å². The van der Waals surface area contributed by atoms with E-state index in [1.165, 1.54) is 18.4 Å². The molecule has 2 fully saturated rings. The second-order valence-electron chi connectivity index (χ2n) is 6.01. The lowest BCUT2D eigenvalue weighted by Crippen LogP contribution is -2.38. The highest BCUT2D eigenvalue weighted by atomic mass is 16.5. The average molecular weight is 288 g/mol. The molecule has 21 heavy (non-hydrogen) atoms. The summed E-state index contributed by atoms with van der Waals surface area (Å²) in [6, 6.07) is 8.43. The molecule has 2 aliphatic heterocycles. The summed E-state index contributed by atoms with van der Waals surface area (Å²) in [5.74, 6) is 0.678. The number of hydrogen-bond donors (Lipinski definition) is 2. The summed E-state index contributed by atoms with van der Waals surface area (Å²) in [5.41, 5.74) is 2.12. The van der Waals surface area contributed by atoms with Gasteiger partial charge >= 0.3 is 0 Å². The normalized spacial score (nSPS) is 21.1. The number of piperidine rings is 1. The van der Waals surface area contributed by atoms with Gasteiger partial charge in [-0.25, -0.2) is 0 Å². The first kappa shape index (κ1) is 14.5. The minimum absolute atomic E-state index is 0.0405. The van der Waals surface area contributed by atoms with Crippen LogP contribution in [0, 0.1) is 0 Å². The van der Waals surface area contributed by atoms with E-state index in [0.29, 0.717) is 5.92 Å². The Morgan fingerprint density at radius 3 is 2.38 bits per heavy atom. The molecule has 1 amide bonds. The Morgan fingerprint density at radius 1 is 1.05 bits per heavy atom. The van der Waals surface area contributed by atoms with Crippen LogP contribution < -0.4 is 10.6 Å². The molecule has 4 nitrogen and oxygen atoms in total. The fraction of sp³-hybridized carbons (Fsp3) is 0.588. The monoisotopic (exact) mass is 288 g/mol. The van der Waals surface area contributed by atoms with E-state index in [1.807, 2.05) is 12.1 Å². The molecule has 114 valence electrons. The first-order valence-corrected chi connectivity index (χ1v) is 8.02. The van der Waals surface area contributed by atoms with E-state index in [0.717, 1.165) is 44.7 Å². The SMILES string of the molecule is O=C(NC1CCOCC1)c1ccc(C2CCNCC2)cc1. The number of hydrogen-bond acceptors (Lipinski definition) is 3. The highest BCUT2D eigenvalue weighted by Gasteiger charge is 2.18. The molecule has 4 heteroatoms. The number of carbonyl (C=O) groups excluding carboxylic acids is 1. The van der Waals surface area contributed by atoms with Crippen molar-refractivity contribution in [2.24, 2.45) is 0 Å². The van der Waals surface area contributed by atoms with Crippen molar-refractivity contribution >= 4 is 5.91 Å². The quantitative estimate of drug-likeness (QED) is 0.895. The third kappa shape index (κ3) is 3.83. The highest BCUT2D eigenvalue weighted by molar-refractivity contribution is 5.94. The van der Waals surface area contributed by atoms with Crippen LogP contribution in [-0.4, -0.2) is 38.3 Å². The Morgan fingerprint density at radius 2 is 1.71 bits per heavy atom. The maximum atomic E-state index is 12.2. The van der Waals surface area contributed by atoms with Crippen molar-refractivity contribution in [3.63, 3.8) is 0 Å². The average Bonchev–Trinajstić information content (AvgIpc) is 2.57. The molecule has 0 saturated carbocycles. The molecule has 0 spiro atoms. The van der Waals surface area contributed by atoms with Crippen LogP contribution in [0.1, 0.15) is 47.5 Å². The number of amides is 1. The molecule has 0 aliphatic carbocycles. The Bertz CT molecular complexity index is 460. The highest BCUT2D eigenvalue weighted by Crippen LogP contribution is 2.25. The summed E-state index contributed by atoms with van der Waals surface area (Å²) in [7, 11) is 0. The van der Waals surface area contributed by atoms with E-state index in [2.05, 4.69) is 22.8 Å². The molecule has 2 N–H and O–H groups in total. The summed E-state index contributed by atoms with van der Waals surface area (Å²) >= 11 is 0. The van der Waals surface area contributed by atoms with Gasteiger partial charge in [-0.3, -0.25) is 4.79 Å². The molecule has 2 heterocycles. The molecule has 0 atom stereocenters. The smallest absolute Gasteiger partial charge is 0.251 e. The Labute approximate surface area is 126 Å². The molecule has 0 aromatic heterocycles. The second kappa shape index (κ2) is 7.05. The van der Waals surface area contributed by atoms with Crippen LogP contribution in [0.4, 0.5) is 0 Å². The van der Waals surface area contributed by atoms with Gasteiger partial charge in [0.15, 0.2) is 0 Å². The maximum Gasteiger partial charge on any atom is 0.251 e. The first-order chi connectivity index (χ1) is 10.3. The maximum absolute atomic E-state index is 12.2. The molecule has 3 rings (SSSR count). The standard InChI is InChI=1S/C17H24N2O2/c20-17(19-16-7-11-21-12-8-16)15-3-1-13(2-4-15)14-5-9-18-10-6-14/h1-4,14,16,18H,5-12H2,(H,19,20). The zero-order valence-corrected chi connectivity index (χ0v) is 12.4. The lowest BCUT2D eigenvalue weighted by atomic mass is 9.90. The van der Waals surface area contributed by atoms with Gasteiger partial charge in [0, 0.05) is 24.8 Å². The van der Waals surface area contributed by atoms with Gasteiger partial charge in [0.1, 0.15) is 0 Å². The van der Waals surface area contributed by atoms with E-state index in [4.69, 9.17) is 4.74 Å². The molecule has 1 aromatic carbocycles. The van der Waals surface area contributed by atoms with Crippen LogP contribution in [0.15, 0.2) is 24.3 Å². The van der Waals surface area contributed by atoms with E-state index in [1.54, 1.807) is 0 Å². The Hall–Kier alpha value is -1.39. The molecule has 2 aliphatic rings. The van der Waals surface area contributed by atoms with Gasteiger partial charge in [-0.1, -0.05) is 12.1 Å². The summed E-state index contributed by atoms with van der Waals surface area (Å²) < 4.78 is 5.31. The topological polar surface area (TPSA) is 50.4 Å². The number of carbonyl (C=O) groups is 1. The fourth-order valence-electron chi connectivity index (χ4n) is 3.17. The Balaban J connectivity index is 1.58. The number of ether oxygens (including phenoxy) is 1. The fourth-order valence-corrected chi connectivity index (χ4v) is 3.17. The van der Waals surface area contributed by atoms with Crippen LogP contribution >= 0.6 is 0 Å². The summed E-state index contributed by atoms with van der Waals surface area (Å²) in [5, 5.41) is 6.49. The van der Waals surface area contributed by atoms with Crippen molar-refractivity contribution in [2.45, 2.75) is 37.6 Å². The zero-order chi connectivity index (χ0) is 14.5. The van der Waals surface area contributed by atoms with E-state index >= 15 is 0 Å². The van der Waals surface area contributed by atoms with Crippen LogP contribution in [0.2, 0.25) is 0 Å². The lowest BCUT2D eigenvalue weighted by molar-refractivity contribution is 0.0696. The van der Waals surface area contributed by atoms with Gasteiger partial charge in [-0.15, -0.1) is 0 Å². The van der Waals surface area contributed by atoms with Crippen LogP contribution in [0.5, 0.6) is 0 Å². The largest absolute Gasteiger partial charge is 0.381 e. The summed E-state index contributed by atoms with van der Waals surface area (Å²) in [6.45, 7) is 3.69. The number of rotatable bonds is 3. The van der Waals surface area contributed by atoms with Crippen molar-refractivity contribution in [2.75, 3.05) is 26.3 Å². The first-order valence-electron chi connectivity index (χ1n) is 8.02. The summed E-state index contributed by atoms with van der Waals surface area (Å²) in [4.78, 5) is 12.2. The predicted molar refractivity (Wildman–Crippen MR) is 82.6 cm³/mol. The van der Waals surface area contributed by atoms with Crippen LogP contribution in [0.25, 0.3) is 0 Å². The van der Waals surface area contributed by atoms with Gasteiger partial charge in [0.05, 0.1) is 0 Å². The van der Waals surface area contributed by atoms with Crippen molar-refractivity contribution in [1.29, 1.82) is 0 Å². The van der Waals surface area contributed by atoms with Crippen molar-refractivity contribution in [3.05, 3.63) is 35.4 Å². The molecular weight excluding hydrogens is 264 g/mol. The lowest BCUT2D eigenvalue weighted by Gasteiger charge is -2.24. The van der Waals surface area contributed by atoms with Crippen LogP contribution in [0.3, 0.4) is 0 Å². The molecule has 2 saturated heterocycles. The van der Waals surface area contributed by atoms with Crippen LogP contribution in [-0.2, 0) is 4.74 Å². The summed E-state index contributed by atoms with van der Waals surface area (Å²) in [6.07, 6.45) is 4.21. The minimum Gasteiger partial charge on any atom is -0.381 e. The molecular formula is C17H24N2O2. The number of benzene rings is 1. The van der Waals surface area contributed by atoms with Crippen molar-refractivity contribution < 1.29 is 9.53 Å². The minimum atomic E-state index is 0.0405. The molecule has 1 aromatic rings. The van der Waals surface area contributed by atoms with Gasteiger partial charge in [-0.05, 0) is 62.4 Å². The van der Waals surface area contributed by atoms with Crippen molar-refractivity contribution in [1.82, 2.24) is 10.6 Å². The van der Waals surface area contributed by atoms with E-state index < -0.39 is 0 Å². The number of nitrogens with one attached hydrogen (secondary N) is 2. The molecule has 0 radical (unpaired) electrons.